The number of hydrogen-bond acceptors (Lipinski definition) is 3. The highest BCUT2D eigenvalue weighted by Gasteiger charge is 2.17. The number of ether oxygens (including phenoxy) is 1. The Labute approximate surface area is 205 Å². The van der Waals surface area contributed by atoms with Crippen molar-refractivity contribution in [3.8, 4) is 5.75 Å². The molecule has 0 aliphatic heterocycles. The van der Waals surface area contributed by atoms with Crippen LogP contribution in [0.2, 0.25) is 0 Å². The summed E-state index contributed by atoms with van der Waals surface area (Å²) in [5.41, 5.74) is 6.35. The third-order valence-electron chi connectivity index (χ3n) is 6.13. The lowest BCUT2D eigenvalue weighted by atomic mass is 10.0. The second-order valence-electron chi connectivity index (χ2n) is 8.99. The molecule has 1 aromatic heterocycles. The maximum atomic E-state index is 13.3. The molecule has 2 N–H and O–H groups in total. The van der Waals surface area contributed by atoms with Crippen LogP contribution in [0, 0.1) is 20.8 Å². The maximum Gasteiger partial charge on any atom is 0.322 e. The number of carbonyl (C=O) groups is 1. The van der Waals surface area contributed by atoms with Crippen molar-refractivity contribution in [3.05, 3.63) is 105 Å². The van der Waals surface area contributed by atoms with Crippen LogP contribution in [0.25, 0.3) is 10.9 Å². The molecular formula is C29H31N3O3. The Morgan fingerprint density at radius 1 is 0.971 bits per heavy atom. The van der Waals surface area contributed by atoms with E-state index in [0.717, 1.165) is 27.6 Å². The van der Waals surface area contributed by atoms with E-state index in [4.69, 9.17) is 4.74 Å². The van der Waals surface area contributed by atoms with Gasteiger partial charge in [-0.05, 0) is 80.3 Å². The number of amides is 2. The van der Waals surface area contributed by atoms with Crippen molar-refractivity contribution in [2.24, 2.45) is 0 Å². The highest BCUT2D eigenvalue weighted by molar-refractivity contribution is 5.89. The van der Waals surface area contributed by atoms with E-state index in [9.17, 15) is 9.59 Å². The minimum Gasteiger partial charge on any atom is -0.497 e. The molecule has 3 aromatic carbocycles. The smallest absolute Gasteiger partial charge is 0.322 e. The van der Waals surface area contributed by atoms with E-state index in [-0.39, 0.29) is 18.1 Å². The molecule has 0 radical (unpaired) electrons. The van der Waals surface area contributed by atoms with Gasteiger partial charge in [0, 0.05) is 28.7 Å². The molecule has 6 heteroatoms. The van der Waals surface area contributed by atoms with Crippen LogP contribution >= 0.6 is 0 Å². The Balaban J connectivity index is 1.61. The number of aromatic amines is 1. The van der Waals surface area contributed by atoms with Crippen molar-refractivity contribution >= 4 is 22.6 Å². The van der Waals surface area contributed by atoms with Crippen LogP contribution < -0.4 is 15.6 Å². The topological polar surface area (TPSA) is 74.4 Å². The van der Waals surface area contributed by atoms with E-state index in [1.165, 1.54) is 5.56 Å². The minimum atomic E-state index is -0.261. The Morgan fingerprint density at radius 2 is 1.74 bits per heavy atom. The van der Waals surface area contributed by atoms with Crippen LogP contribution in [0.5, 0.6) is 5.75 Å². The maximum absolute atomic E-state index is 13.3. The molecule has 0 bridgehead atoms. The Bertz CT molecular complexity index is 1410. The van der Waals surface area contributed by atoms with Crippen molar-refractivity contribution in [1.29, 1.82) is 0 Å². The van der Waals surface area contributed by atoms with Gasteiger partial charge in [-0.1, -0.05) is 35.9 Å². The van der Waals surface area contributed by atoms with E-state index < -0.39 is 0 Å². The summed E-state index contributed by atoms with van der Waals surface area (Å²) >= 11 is 0. The van der Waals surface area contributed by atoms with Crippen LogP contribution in [0.15, 0.2) is 71.5 Å². The van der Waals surface area contributed by atoms with E-state index in [1.807, 2.05) is 32.0 Å². The summed E-state index contributed by atoms with van der Waals surface area (Å²) in [7, 11) is 1.60. The van der Waals surface area contributed by atoms with Gasteiger partial charge >= 0.3 is 6.03 Å². The number of rotatable bonds is 7. The minimum absolute atomic E-state index is 0.180. The summed E-state index contributed by atoms with van der Waals surface area (Å²) in [5, 5.41) is 3.94. The van der Waals surface area contributed by atoms with E-state index in [2.05, 4.69) is 41.5 Å². The molecule has 0 saturated heterocycles. The number of H-pyrrole nitrogens is 1. The molecule has 0 saturated carbocycles. The third-order valence-corrected chi connectivity index (χ3v) is 6.13. The van der Waals surface area contributed by atoms with Gasteiger partial charge in [-0.25, -0.2) is 4.79 Å². The van der Waals surface area contributed by atoms with Gasteiger partial charge in [-0.15, -0.1) is 0 Å². The Hall–Kier alpha value is -4.06. The lowest BCUT2D eigenvalue weighted by Crippen LogP contribution is -2.37. The molecule has 0 fully saturated rings. The number of aromatic nitrogens is 1. The third kappa shape index (κ3) is 5.90. The van der Waals surface area contributed by atoms with Crippen molar-refractivity contribution in [1.82, 2.24) is 9.88 Å². The number of fused-ring (bicyclic) bond motifs is 1. The molecule has 2 amide bonds. The van der Waals surface area contributed by atoms with Crippen molar-refractivity contribution < 1.29 is 9.53 Å². The SMILES string of the molecule is COc1ccc(NC(=O)N(CCc2cccc(C)c2)Cc2cc3c(C)cc(C)cc3[nH]c2=O)cc1. The molecule has 4 rings (SSSR count). The lowest BCUT2D eigenvalue weighted by Gasteiger charge is -2.23. The zero-order valence-electron chi connectivity index (χ0n) is 20.6. The first-order chi connectivity index (χ1) is 16.8. The molecule has 0 unspecified atom stereocenters. The fraction of sp³-hybridized carbons (Fsp3) is 0.241. The second-order valence-corrected chi connectivity index (χ2v) is 8.99. The first kappa shape index (κ1) is 24.1. The Kier molecular flexibility index (Phi) is 7.20. The zero-order valence-corrected chi connectivity index (χ0v) is 20.6. The number of nitrogens with one attached hydrogen (secondary N) is 2. The number of nitrogens with zero attached hydrogens (tertiary/aromatic N) is 1. The molecule has 6 nitrogen and oxygen atoms in total. The molecule has 0 atom stereocenters. The number of pyridine rings is 1. The fourth-order valence-electron chi connectivity index (χ4n) is 4.30. The van der Waals surface area contributed by atoms with Crippen LogP contribution in [0.4, 0.5) is 10.5 Å². The summed E-state index contributed by atoms with van der Waals surface area (Å²) in [6.45, 7) is 6.76. The number of anilines is 1. The summed E-state index contributed by atoms with van der Waals surface area (Å²) in [6.07, 6.45) is 0.682. The van der Waals surface area contributed by atoms with Crippen LogP contribution in [-0.4, -0.2) is 29.6 Å². The van der Waals surface area contributed by atoms with E-state index >= 15 is 0 Å². The molecule has 0 aliphatic rings. The van der Waals surface area contributed by atoms with Crippen molar-refractivity contribution in [2.45, 2.75) is 33.7 Å². The Morgan fingerprint density at radius 3 is 2.46 bits per heavy atom. The van der Waals surface area contributed by atoms with Gasteiger partial charge in [0.05, 0.1) is 13.7 Å². The number of hydrogen-bond donors (Lipinski definition) is 2. The van der Waals surface area contributed by atoms with Crippen molar-refractivity contribution in [2.75, 3.05) is 19.0 Å². The summed E-state index contributed by atoms with van der Waals surface area (Å²) in [6, 6.07) is 21.1. The van der Waals surface area contributed by atoms with Gasteiger partial charge in [0.2, 0.25) is 0 Å². The van der Waals surface area contributed by atoms with Crippen LogP contribution in [0.1, 0.15) is 27.8 Å². The number of urea groups is 1. The molecule has 4 aromatic rings. The van der Waals surface area contributed by atoms with Crippen LogP contribution in [-0.2, 0) is 13.0 Å². The van der Waals surface area contributed by atoms with Gasteiger partial charge in [-0.3, -0.25) is 4.79 Å². The van der Waals surface area contributed by atoms with Crippen LogP contribution in [0.3, 0.4) is 0 Å². The summed E-state index contributed by atoms with van der Waals surface area (Å²) in [4.78, 5) is 30.9. The highest BCUT2D eigenvalue weighted by atomic mass is 16.5. The van der Waals surface area contributed by atoms with Gasteiger partial charge in [0.1, 0.15) is 5.75 Å². The van der Waals surface area contributed by atoms with E-state index in [1.54, 1.807) is 36.3 Å². The largest absolute Gasteiger partial charge is 0.497 e. The standard InChI is InChI=1S/C29H31N3O3/c1-19-6-5-7-22(15-19)12-13-32(29(34)30-24-8-10-25(35-4)11-9-24)18-23-17-26-21(3)14-20(2)16-27(26)31-28(23)33/h5-11,14-17H,12-13,18H2,1-4H3,(H,30,34)(H,31,33). The number of aryl methyl sites for hydroxylation is 3. The van der Waals surface area contributed by atoms with Gasteiger partial charge in [0.15, 0.2) is 0 Å². The molecule has 0 spiro atoms. The van der Waals surface area contributed by atoms with Gasteiger partial charge in [0.25, 0.3) is 5.56 Å². The second kappa shape index (κ2) is 10.5. The first-order valence-corrected chi connectivity index (χ1v) is 11.7. The van der Waals surface area contributed by atoms with Gasteiger partial charge in [-0.2, -0.15) is 0 Å². The van der Waals surface area contributed by atoms with Gasteiger partial charge < -0.3 is 19.9 Å². The monoisotopic (exact) mass is 469 g/mol. The molecule has 1 heterocycles. The molecular weight excluding hydrogens is 438 g/mol. The normalized spacial score (nSPS) is 10.9. The number of carbonyl (C=O) groups excluding carboxylic acids is 1. The lowest BCUT2D eigenvalue weighted by molar-refractivity contribution is 0.209. The zero-order chi connectivity index (χ0) is 24.9. The summed E-state index contributed by atoms with van der Waals surface area (Å²) < 4.78 is 5.20. The highest BCUT2D eigenvalue weighted by Crippen LogP contribution is 2.20. The molecule has 180 valence electrons. The van der Waals surface area contributed by atoms with Crippen molar-refractivity contribution in [3.63, 3.8) is 0 Å². The molecule has 0 aliphatic carbocycles. The van der Waals surface area contributed by atoms with E-state index in [0.29, 0.717) is 30.0 Å². The predicted octanol–water partition coefficient (Wildman–Crippen LogP) is 5.74. The quantitative estimate of drug-likeness (QED) is 0.363. The average molecular weight is 470 g/mol. The first-order valence-electron chi connectivity index (χ1n) is 11.7. The summed E-state index contributed by atoms with van der Waals surface area (Å²) in [5.74, 6) is 0.715. The molecule has 35 heavy (non-hydrogen) atoms. The number of methoxy groups -OCH3 is 1. The fourth-order valence-corrected chi connectivity index (χ4v) is 4.30. The average Bonchev–Trinajstić information content (AvgIpc) is 2.82. The predicted molar refractivity (Wildman–Crippen MR) is 141 cm³/mol. The number of benzene rings is 3.